The largest absolute Gasteiger partial charge is 0.353 e. The second kappa shape index (κ2) is 4.83. The van der Waals surface area contributed by atoms with Gasteiger partial charge in [-0.1, -0.05) is 0 Å². The van der Waals surface area contributed by atoms with Crippen molar-refractivity contribution in [3.8, 4) is 0 Å². The average Bonchev–Trinajstić information content (AvgIpc) is 3.24. The van der Waals surface area contributed by atoms with E-state index in [0.29, 0.717) is 5.95 Å². The van der Waals surface area contributed by atoms with Crippen molar-refractivity contribution in [1.82, 2.24) is 14.9 Å². The van der Waals surface area contributed by atoms with Crippen LogP contribution in [0.15, 0.2) is 11.4 Å². The third kappa shape index (κ3) is 2.11. The van der Waals surface area contributed by atoms with Crippen molar-refractivity contribution in [2.24, 2.45) is 5.84 Å². The van der Waals surface area contributed by atoms with Crippen LogP contribution in [-0.2, 0) is 0 Å². The van der Waals surface area contributed by atoms with Crippen LogP contribution < -0.4 is 16.2 Å². The Labute approximate surface area is 121 Å². The van der Waals surface area contributed by atoms with Gasteiger partial charge in [0.2, 0.25) is 5.95 Å². The molecule has 0 spiro atoms. The summed E-state index contributed by atoms with van der Waals surface area (Å²) in [5.74, 6) is 7.00. The lowest BCUT2D eigenvalue weighted by Gasteiger charge is -2.35. The number of nitrogens with one attached hydrogen (secondary N) is 1. The molecular formula is C13H18N6S. The van der Waals surface area contributed by atoms with E-state index in [9.17, 15) is 0 Å². The Kier molecular flexibility index (Phi) is 2.98. The fraction of sp³-hybridized carbons (Fsp3) is 0.538. The predicted molar refractivity (Wildman–Crippen MR) is 82.0 cm³/mol. The normalized spacial score (nSPS) is 20.6. The van der Waals surface area contributed by atoms with Gasteiger partial charge in [-0.05, 0) is 24.3 Å². The molecule has 0 bridgehead atoms. The van der Waals surface area contributed by atoms with Crippen LogP contribution in [0.1, 0.15) is 12.8 Å². The van der Waals surface area contributed by atoms with E-state index >= 15 is 0 Å². The molecule has 2 aliphatic rings. The highest BCUT2D eigenvalue weighted by molar-refractivity contribution is 7.17. The number of hydrogen-bond donors (Lipinski definition) is 2. The molecule has 0 radical (unpaired) electrons. The Balaban J connectivity index is 1.62. The molecule has 0 aromatic carbocycles. The maximum absolute atomic E-state index is 5.48. The van der Waals surface area contributed by atoms with Crippen molar-refractivity contribution >= 4 is 33.3 Å². The van der Waals surface area contributed by atoms with E-state index < -0.39 is 0 Å². The van der Waals surface area contributed by atoms with E-state index in [4.69, 9.17) is 5.84 Å². The smallest absolute Gasteiger partial charge is 0.239 e. The molecule has 2 aromatic rings. The van der Waals surface area contributed by atoms with Crippen LogP contribution in [0.4, 0.5) is 11.8 Å². The molecule has 2 aromatic heterocycles. The fourth-order valence-electron chi connectivity index (χ4n) is 2.87. The van der Waals surface area contributed by atoms with Gasteiger partial charge in [-0.3, -0.25) is 10.3 Å². The van der Waals surface area contributed by atoms with E-state index in [1.165, 1.54) is 12.8 Å². The zero-order chi connectivity index (χ0) is 13.5. The molecule has 2 fully saturated rings. The minimum absolute atomic E-state index is 0.496. The van der Waals surface area contributed by atoms with E-state index in [-0.39, 0.29) is 0 Å². The highest BCUT2D eigenvalue weighted by Crippen LogP contribution is 2.32. The lowest BCUT2D eigenvalue weighted by molar-refractivity contribution is 0.248. The average molecular weight is 290 g/mol. The zero-order valence-corrected chi connectivity index (χ0v) is 12.1. The molecule has 6 nitrogen and oxygen atoms in total. The van der Waals surface area contributed by atoms with Crippen LogP contribution in [0, 0.1) is 0 Å². The van der Waals surface area contributed by atoms with Gasteiger partial charge in [-0.15, -0.1) is 11.3 Å². The standard InChI is InChI=1S/C13H18N6S/c14-17-13-15-10-3-8-20-11(10)12(16-13)19-6-4-18(5-7-19)9-1-2-9/h3,8-9H,1-2,4-7,14H2,(H,15,16,17). The molecule has 0 unspecified atom stereocenters. The second-order valence-corrected chi connectivity index (χ2v) is 6.32. The SMILES string of the molecule is NNc1nc(N2CCN(C3CC3)CC2)c2sccc2n1. The van der Waals surface area contributed by atoms with Crippen LogP contribution in [-0.4, -0.2) is 47.1 Å². The summed E-state index contributed by atoms with van der Waals surface area (Å²) in [7, 11) is 0. The fourth-order valence-corrected chi connectivity index (χ4v) is 3.71. The molecule has 1 saturated heterocycles. The molecule has 3 N–H and O–H groups in total. The van der Waals surface area contributed by atoms with E-state index in [1.54, 1.807) is 11.3 Å². The monoisotopic (exact) mass is 290 g/mol. The van der Waals surface area contributed by atoms with Gasteiger partial charge in [0.05, 0.1) is 10.2 Å². The van der Waals surface area contributed by atoms with Gasteiger partial charge in [0, 0.05) is 32.2 Å². The molecule has 0 atom stereocenters. The number of thiophene rings is 1. The molecule has 20 heavy (non-hydrogen) atoms. The predicted octanol–water partition coefficient (Wildman–Crippen LogP) is 1.26. The summed E-state index contributed by atoms with van der Waals surface area (Å²) < 4.78 is 1.16. The van der Waals surface area contributed by atoms with Crippen LogP contribution in [0.25, 0.3) is 10.2 Å². The molecule has 0 amide bonds. The van der Waals surface area contributed by atoms with E-state index in [1.807, 2.05) is 6.07 Å². The lowest BCUT2D eigenvalue weighted by atomic mass is 10.3. The third-order valence-electron chi connectivity index (χ3n) is 4.09. The van der Waals surface area contributed by atoms with Gasteiger partial charge in [-0.25, -0.2) is 10.8 Å². The number of aromatic nitrogens is 2. The maximum Gasteiger partial charge on any atom is 0.239 e. The van der Waals surface area contributed by atoms with Gasteiger partial charge >= 0.3 is 0 Å². The Morgan fingerprint density at radius 1 is 1.20 bits per heavy atom. The Hall–Kier alpha value is -1.44. The van der Waals surface area contributed by atoms with Crippen LogP contribution in [0.2, 0.25) is 0 Å². The quantitative estimate of drug-likeness (QED) is 0.655. The first-order valence-corrected chi connectivity index (χ1v) is 7.94. The number of rotatable bonds is 3. The highest BCUT2D eigenvalue weighted by atomic mass is 32.1. The zero-order valence-electron chi connectivity index (χ0n) is 11.2. The van der Waals surface area contributed by atoms with Gasteiger partial charge in [0.1, 0.15) is 0 Å². The first-order valence-electron chi connectivity index (χ1n) is 7.06. The van der Waals surface area contributed by atoms with Gasteiger partial charge in [-0.2, -0.15) is 4.98 Å². The number of nitrogens with two attached hydrogens (primary N) is 1. The molecule has 7 heteroatoms. The van der Waals surface area contributed by atoms with Gasteiger partial charge in [0.25, 0.3) is 0 Å². The summed E-state index contributed by atoms with van der Waals surface area (Å²) >= 11 is 1.70. The molecule has 3 heterocycles. The summed E-state index contributed by atoms with van der Waals surface area (Å²) in [6.07, 6.45) is 2.76. The number of hydrazine groups is 1. The Morgan fingerprint density at radius 3 is 2.70 bits per heavy atom. The number of piperazine rings is 1. The molecular weight excluding hydrogens is 272 g/mol. The van der Waals surface area contributed by atoms with Crippen molar-refractivity contribution in [3.05, 3.63) is 11.4 Å². The Morgan fingerprint density at radius 2 is 2.00 bits per heavy atom. The van der Waals surface area contributed by atoms with Crippen molar-refractivity contribution < 1.29 is 0 Å². The highest BCUT2D eigenvalue weighted by Gasteiger charge is 2.31. The molecule has 106 valence electrons. The van der Waals surface area contributed by atoms with Crippen molar-refractivity contribution in [1.29, 1.82) is 0 Å². The Bertz CT molecular complexity index is 614. The van der Waals surface area contributed by atoms with E-state index in [0.717, 1.165) is 48.3 Å². The summed E-state index contributed by atoms with van der Waals surface area (Å²) in [6, 6.07) is 2.87. The molecule has 4 rings (SSSR count). The first kappa shape index (κ1) is 12.3. The number of anilines is 2. The summed E-state index contributed by atoms with van der Waals surface area (Å²) in [5, 5.41) is 2.06. The van der Waals surface area contributed by atoms with Crippen LogP contribution in [0.5, 0.6) is 0 Å². The van der Waals surface area contributed by atoms with Crippen molar-refractivity contribution in [2.45, 2.75) is 18.9 Å². The minimum Gasteiger partial charge on any atom is -0.353 e. The lowest BCUT2D eigenvalue weighted by Crippen LogP contribution is -2.47. The van der Waals surface area contributed by atoms with Gasteiger partial charge < -0.3 is 4.90 Å². The summed E-state index contributed by atoms with van der Waals surface area (Å²) in [6.45, 7) is 4.33. The summed E-state index contributed by atoms with van der Waals surface area (Å²) in [5.41, 5.74) is 3.54. The number of fused-ring (bicyclic) bond motifs is 1. The van der Waals surface area contributed by atoms with E-state index in [2.05, 4.69) is 30.6 Å². The topological polar surface area (TPSA) is 70.3 Å². The van der Waals surface area contributed by atoms with Gasteiger partial charge in [0.15, 0.2) is 5.82 Å². The number of hydrogen-bond acceptors (Lipinski definition) is 7. The molecule has 1 aliphatic heterocycles. The van der Waals surface area contributed by atoms with Crippen LogP contribution >= 0.6 is 11.3 Å². The molecule has 1 saturated carbocycles. The third-order valence-corrected chi connectivity index (χ3v) is 4.99. The first-order chi connectivity index (χ1) is 9.85. The van der Waals surface area contributed by atoms with Crippen molar-refractivity contribution in [2.75, 3.05) is 36.5 Å². The number of nitrogens with zero attached hydrogens (tertiary/aromatic N) is 4. The maximum atomic E-state index is 5.48. The molecule has 1 aliphatic carbocycles. The number of nitrogen functional groups attached to an aromatic ring is 1. The van der Waals surface area contributed by atoms with Crippen molar-refractivity contribution in [3.63, 3.8) is 0 Å². The van der Waals surface area contributed by atoms with Crippen LogP contribution in [0.3, 0.4) is 0 Å². The summed E-state index contributed by atoms with van der Waals surface area (Å²) in [4.78, 5) is 13.9. The second-order valence-electron chi connectivity index (χ2n) is 5.40. The minimum atomic E-state index is 0.496.